The van der Waals surface area contributed by atoms with Crippen molar-refractivity contribution in [1.82, 2.24) is 14.5 Å². The maximum Gasteiger partial charge on any atom is 0.253 e. The second-order valence-corrected chi connectivity index (χ2v) is 11.4. The molecule has 2 N–H and O–H groups in total. The minimum Gasteiger partial charge on any atom is -0.497 e. The number of nitrogens with one attached hydrogen (secondary N) is 1. The van der Waals surface area contributed by atoms with Crippen LogP contribution in [0.15, 0.2) is 47.4 Å². The molecule has 0 aliphatic carbocycles. The van der Waals surface area contributed by atoms with Crippen molar-refractivity contribution in [1.29, 1.82) is 0 Å². The van der Waals surface area contributed by atoms with E-state index in [9.17, 15) is 23.1 Å². The fourth-order valence-corrected chi connectivity index (χ4v) is 5.46. The smallest absolute Gasteiger partial charge is 0.253 e. The summed E-state index contributed by atoms with van der Waals surface area (Å²) in [6, 6.07) is 10.6. The van der Waals surface area contributed by atoms with E-state index in [1.807, 2.05) is 20.8 Å². The number of nitrogens with zero attached hydrogens (tertiary/aromatic N) is 2. The Morgan fingerprint density at radius 2 is 1.58 bits per heavy atom. The Morgan fingerprint density at radius 3 is 2.13 bits per heavy atom. The fourth-order valence-electron chi connectivity index (χ4n) is 3.82. The van der Waals surface area contributed by atoms with Crippen LogP contribution < -0.4 is 14.8 Å². The maximum atomic E-state index is 13.3. The molecule has 38 heavy (non-hydrogen) atoms. The molecule has 0 radical (unpaired) electrons. The molecule has 10 nitrogen and oxygen atoms in total. The van der Waals surface area contributed by atoms with Crippen LogP contribution in [0.4, 0.5) is 0 Å². The summed E-state index contributed by atoms with van der Waals surface area (Å²) in [6.45, 7) is 6.07. The summed E-state index contributed by atoms with van der Waals surface area (Å²) in [5.41, 5.74) is 0.495. The van der Waals surface area contributed by atoms with E-state index < -0.39 is 22.0 Å². The highest BCUT2D eigenvalue weighted by molar-refractivity contribution is 7.89. The molecular formula is C27H39N3O7S. The predicted molar refractivity (Wildman–Crippen MR) is 145 cm³/mol. The summed E-state index contributed by atoms with van der Waals surface area (Å²) < 4.78 is 38.1. The summed E-state index contributed by atoms with van der Waals surface area (Å²) in [7, 11) is 0.723. The van der Waals surface area contributed by atoms with E-state index in [1.54, 1.807) is 30.1 Å². The van der Waals surface area contributed by atoms with Crippen molar-refractivity contribution in [3.63, 3.8) is 0 Å². The largest absolute Gasteiger partial charge is 0.497 e. The van der Waals surface area contributed by atoms with Crippen LogP contribution in [0.1, 0.15) is 47.9 Å². The highest BCUT2D eigenvalue weighted by atomic mass is 32.2. The van der Waals surface area contributed by atoms with Crippen LogP contribution in [0.2, 0.25) is 0 Å². The number of aliphatic hydroxyl groups is 1. The van der Waals surface area contributed by atoms with Crippen LogP contribution >= 0.6 is 0 Å². The molecule has 1 atom stereocenters. The molecule has 0 saturated heterocycles. The lowest BCUT2D eigenvalue weighted by Gasteiger charge is -2.26. The number of benzene rings is 2. The van der Waals surface area contributed by atoms with Crippen molar-refractivity contribution in [3.8, 4) is 11.5 Å². The van der Waals surface area contributed by atoms with Crippen molar-refractivity contribution in [2.75, 3.05) is 47.4 Å². The lowest BCUT2D eigenvalue weighted by atomic mass is 10.1. The summed E-state index contributed by atoms with van der Waals surface area (Å²) in [6.07, 6.45) is -0.382. The molecule has 0 unspecified atom stereocenters. The molecule has 0 bridgehead atoms. The minimum absolute atomic E-state index is 0.00314. The molecule has 0 aliphatic rings. The summed E-state index contributed by atoms with van der Waals surface area (Å²) in [5, 5.41) is 13.3. The Labute approximate surface area is 225 Å². The standard InChI is InChI=1S/C27H39N3O7S/c1-7-12-29(4)27(33)21-13-20(14-24(15-21)37-6)26(32)28-16-22(31)18-30(17-19(2)3)38(34,35)25-10-8-23(36-5)9-11-25/h8-11,13-15,19,22,31H,7,12,16-18H2,1-6H3,(H,28,32)/t22-/m0/s1. The summed E-state index contributed by atoms with van der Waals surface area (Å²) in [5.74, 6) is 0.113. The highest BCUT2D eigenvalue weighted by Crippen LogP contribution is 2.21. The molecule has 2 rings (SSSR count). The lowest BCUT2D eigenvalue weighted by Crippen LogP contribution is -2.44. The maximum absolute atomic E-state index is 13.3. The molecule has 2 aromatic rings. The highest BCUT2D eigenvalue weighted by Gasteiger charge is 2.28. The predicted octanol–water partition coefficient (Wildman–Crippen LogP) is 2.62. The van der Waals surface area contributed by atoms with Crippen molar-refractivity contribution < 1.29 is 32.6 Å². The zero-order chi connectivity index (χ0) is 28.5. The average molecular weight is 550 g/mol. The van der Waals surface area contributed by atoms with E-state index in [2.05, 4.69) is 5.32 Å². The molecule has 0 heterocycles. The zero-order valence-corrected chi connectivity index (χ0v) is 23.7. The first-order valence-corrected chi connectivity index (χ1v) is 13.9. The Morgan fingerprint density at radius 1 is 0.974 bits per heavy atom. The number of aliphatic hydroxyl groups excluding tert-OH is 1. The van der Waals surface area contributed by atoms with Crippen LogP contribution in [-0.2, 0) is 10.0 Å². The molecule has 210 valence electrons. The summed E-state index contributed by atoms with van der Waals surface area (Å²) >= 11 is 0. The third kappa shape index (κ3) is 8.44. The number of carbonyl (C=O) groups is 2. The molecule has 0 spiro atoms. The van der Waals surface area contributed by atoms with Gasteiger partial charge in [-0.05, 0) is 54.8 Å². The Kier molecular flexibility index (Phi) is 11.6. The van der Waals surface area contributed by atoms with Gasteiger partial charge < -0.3 is 24.8 Å². The third-order valence-electron chi connectivity index (χ3n) is 5.74. The van der Waals surface area contributed by atoms with Crippen LogP contribution in [-0.4, -0.2) is 88.1 Å². The molecule has 0 aliphatic heterocycles. The van der Waals surface area contributed by atoms with Gasteiger partial charge in [-0.3, -0.25) is 9.59 Å². The van der Waals surface area contributed by atoms with Gasteiger partial charge >= 0.3 is 0 Å². The van der Waals surface area contributed by atoms with Gasteiger partial charge in [0.15, 0.2) is 0 Å². The van der Waals surface area contributed by atoms with Gasteiger partial charge in [-0.25, -0.2) is 8.42 Å². The van der Waals surface area contributed by atoms with Gasteiger partial charge in [0.1, 0.15) is 11.5 Å². The first kappa shape index (κ1) is 31.1. The van der Waals surface area contributed by atoms with Gasteiger partial charge in [0.05, 0.1) is 25.2 Å². The second-order valence-electron chi connectivity index (χ2n) is 9.43. The first-order chi connectivity index (χ1) is 17.9. The molecule has 11 heteroatoms. The summed E-state index contributed by atoms with van der Waals surface area (Å²) in [4.78, 5) is 27.3. The number of hydrogen-bond donors (Lipinski definition) is 2. The molecule has 2 amide bonds. The SMILES string of the molecule is CCCN(C)C(=O)c1cc(OC)cc(C(=O)NC[C@H](O)CN(CC(C)C)S(=O)(=O)c2ccc(OC)cc2)c1. The quantitative estimate of drug-likeness (QED) is 0.371. The van der Waals surface area contributed by atoms with E-state index in [-0.39, 0.29) is 41.9 Å². The second kappa shape index (κ2) is 14.1. The van der Waals surface area contributed by atoms with Gasteiger partial charge in [0.2, 0.25) is 10.0 Å². The number of carbonyl (C=O) groups excluding carboxylic acids is 2. The molecule has 0 fully saturated rings. The van der Waals surface area contributed by atoms with E-state index in [0.717, 1.165) is 6.42 Å². The number of ether oxygens (including phenoxy) is 2. The number of sulfonamides is 1. The molecule has 0 saturated carbocycles. The van der Waals surface area contributed by atoms with Gasteiger partial charge in [-0.15, -0.1) is 0 Å². The number of amides is 2. The Hall–Kier alpha value is -3.15. The minimum atomic E-state index is -3.90. The van der Waals surface area contributed by atoms with Gasteiger partial charge in [-0.1, -0.05) is 20.8 Å². The average Bonchev–Trinajstić information content (AvgIpc) is 2.90. The molecule has 2 aromatic carbocycles. The van der Waals surface area contributed by atoms with Crippen LogP contribution in [0, 0.1) is 5.92 Å². The van der Waals surface area contributed by atoms with Crippen molar-refractivity contribution in [2.24, 2.45) is 5.92 Å². The van der Waals surface area contributed by atoms with E-state index in [1.165, 1.54) is 42.8 Å². The van der Waals surface area contributed by atoms with E-state index >= 15 is 0 Å². The van der Waals surface area contributed by atoms with Crippen LogP contribution in [0.25, 0.3) is 0 Å². The Bertz CT molecular complexity index is 1180. The molecule has 0 aromatic heterocycles. The monoisotopic (exact) mass is 549 g/mol. The number of rotatable bonds is 14. The topological polar surface area (TPSA) is 125 Å². The number of methoxy groups -OCH3 is 2. The van der Waals surface area contributed by atoms with Gasteiger partial charge in [-0.2, -0.15) is 4.31 Å². The van der Waals surface area contributed by atoms with E-state index in [4.69, 9.17) is 9.47 Å². The van der Waals surface area contributed by atoms with Crippen molar-refractivity contribution >= 4 is 21.8 Å². The third-order valence-corrected chi connectivity index (χ3v) is 7.58. The van der Waals surface area contributed by atoms with Crippen LogP contribution in [0.5, 0.6) is 11.5 Å². The van der Waals surface area contributed by atoms with Gasteiger partial charge in [0, 0.05) is 44.4 Å². The molecular weight excluding hydrogens is 510 g/mol. The normalized spacial score (nSPS) is 12.3. The lowest BCUT2D eigenvalue weighted by molar-refractivity contribution is 0.0794. The van der Waals surface area contributed by atoms with E-state index in [0.29, 0.717) is 23.6 Å². The Balaban J connectivity index is 2.15. The number of hydrogen-bond acceptors (Lipinski definition) is 7. The fraction of sp³-hybridized carbons (Fsp3) is 0.481. The zero-order valence-electron chi connectivity index (χ0n) is 22.9. The van der Waals surface area contributed by atoms with Crippen LogP contribution in [0.3, 0.4) is 0 Å². The van der Waals surface area contributed by atoms with Gasteiger partial charge in [0.25, 0.3) is 11.8 Å². The van der Waals surface area contributed by atoms with Crippen molar-refractivity contribution in [2.45, 2.75) is 38.2 Å². The van der Waals surface area contributed by atoms with Crippen molar-refractivity contribution in [3.05, 3.63) is 53.6 Å². The first-order valence-electron chi connectivity index (χ1n) is 12.5.